The molecule has 1 aliphatic rings. The van der Waals surface area contributed by atoms with Crippen LogP contribution in [0.2, 0.25) is 0 Å². The summed E-state index contributed by atoms with van der Waals surface area (Å²) in [7, 11) is 0. The monoisotopic (exact) mass is 236 g/mol. The summed E-state index contributed by atoms with van der Waals surface area (Å²) >= 11 is 0. The Kier molecular flexibility index (Phi) is 4.34. The zero-order valence-corrected chi connectivity index (χ0v) is 10.0. The van der Waals surface area contributed by atoms with E-state index in [1.165, 1.54) is 0 Å². The molecule has 0 radical (unpaired) electrons. The molecule has 1 aromatic heterocycles. The van der Waals surface area contributed by atoms with E-state index in [0.717, 1.165) is 25.7 Å². The summed E-state index contributed by atoms with van der Waals surface area (Å²) in [6.45, 7) is 1.20. The largest absolute Gasteiger partial charge is 0.376 e. The van der Waals surface area contributed by atoms with Crippen LogP contribution in [-0.4, -0.2) is 23.3 Å². The van der Waals surface area contributed by atoms with Crippen LogP contribution < -0.4 is 11.3 Å². The van der Waals surface area contributed by atoms with Gasteiger partial charge < -0.3 is 15.0 Å². The van der Waals surface area contributed by atoms with Crippen LogP contribution in [0.1, 0.15) is 25.7 Å². The Bertz CT molecular complexity index is 402. The van der Waals surface area contributed by atoms with Gasteiger partial charge in [-0.15, -0.1) is 0 Å². The van der Waals surface area contributed by atoms with Crippen molar-refractivity contribution in [1.29, 1.82) is 0 Å². The van der Waals surface area contributed by atoms with Crippen LogP contribution in [0, 0.1) is 0 Å². The minimum absolute atomic E-state index is 0.0245. The van der Waals surface area contributed by atoms with Gasteiger partial charge >= 0.3 is 0 Å². The lowest BCUT2D eigenvalue weighted by Crippen LogP contribution is -2.33. The topological polar surface area (TPSA) is 57.2 Å². The third-order valence-electron chi connectivity index (χ3n) is 3.25. The zero-order valence-electron chi connectivity index (χ0n) is 10.0. The molecule has 2 atom stereocenters. The summed E-state index contributed by atoms with van der Waals surface area (Å²) in [5.41, 5.74) is 5.92. The van der Waals surface area contributed by atoms with Crippen LogP contribution in [0.15, 0.2) is 29.2 Å². The van der Waals surface area contributed by atoms with Gasteiger partial charge in [-0.25, -0.2) is 0 Å². The van der Waals surface area contributed by atoms with Crippen LogP contribution in [0.4, 0.5) is 0 Å². The van der Waals surface area contributed by atoms with Crippen molar-refractivity contribution < 1.29 is 4.74 Å². The third-order valence-corrected chi connectivity index (χ3v) is 3.25. The van der Waals surface area contributed by atoms with Gasteiger partial charge in [0.05, 0.1) is 12.7 Å². The lowest BCUT2D eigenvalue weighted by atomic mass is 9.94. The number of nitrogens with zero attached hydrogens (tertiary/aromatic N) is 1. The summed E-state index contributed by atoms with van der Waals surface area (Å²) in [5.74, 6) is 0. The van der Waals surface area contributed by atoms with Crippen molar-refractivity contribution in [1.82, 2.24) is 4.57 Å². The lowest BCUT2D eigenvalue weighted by molar-refractivity contribution is 0.0191. The molecule has 1 aromatic rings. The van der Waals surface area contributed by atoms with Gasteiger partial charge in [0, 0.05) is 24.8 Å². The Morgan fingerprint density at radius 3 is 3.06 bits per heavy atom. The first kappa shape index (κ1) is 12.3. The Morgan fingerprint density at radius 2 is 2.29 bits per heavy atom. The standard InChI is InChI=1S/C13H20N2O2/c14-11-4-3-5-12(10-11)17-9-8-15-7-2-1-6-13(15)16/h1-2,6-7,11-12H,3-5,8-10,14H2. The molecular formula is C13H20N2O2. The van der Waals surface area contributed by atoms with Crippen molar-refractivity contribution in [2.45, 2.75) is 44.4 Å². The number of aromatic nitrogens is 1. The molecule has 0 saturated heterocycles. The highest BCUT2D eigenvalue weighted by Gasteiger charge is 2.19. The molecule has 17 heavy (non-hydrogen) atoms. The SMILES string of the molecule is NC1CCCC(OCCn2ccccc2=O)C1. The molecule has 0 amide bonds. The molecule has 2 N–H and O–H groups in total. The molecular weight excluding hydrogens is 216 g/mol. The molecule has 2 rings (SSSR count). The molecule has 0 aliphatic heterocycles. The first-order chi connectivity index (χ1) is 8.25. The first-order valence-corrected chi connectivity index (χ1v) is 6.28. The predicted octanol–water partition coefficient (Wildman–Crippen LogP) is 1.13. The van der Waals surface area contributed by atoms with E-state index in [-0.39, 0.29) is 17.7 Å². The molecule has 0 bridgehead atoms. The van der Waals surface area contributed by atoms with Crippen LogP contribution in [0.3, 0.4) is 0 Å². The minimum atomic E-state index is 0.0245. The fourth-order valence-corrected chi connectivity index (χ4v) is 2.30. The predicted molar refractivity (Wildman–Crippen MR) is 66.9 cm³/mol. The molecule has 4 heteroatoms. The molecule has 1 aliphatic carbocycles. The second-order valence-electron chi connectivity index (χ2n) is 4.65. The third kappa shape index (κ3) is 3.68. The maximum absolute atomic E-state index is 11.4. The number of nitrogens with two attached hydrogens (primary N) is 1. The number of ether oxygens (including phenoxy) is 1. The molecule has 0 spiro atoms. The van der Waals surface area contributed by atoms with E-state index in [4.69, 9.17) is 10.5 Å². The van der Waals surface area contributed by atoms with Gasteiger partial charge in [0.25, 0.3) is 5.56 Å². The quantitative estimate of drug-likeness (QED) is 0.852. The molecule has 94 valence electrons. The van der Waals surface area contributed by atoms with E-state index in [1.54, 1.807) is 22.9 Å². The van der Waals surface area contributed by atoms with Gasteiger partial charge in [-0.1, -0.05) is 6.07 Å². The van der Waals surface area contributed by atoms with Crippen LogP contribution in [-0.2, 0) is 11.3 Å². The van der Waals surface area contributed by atoms with Crippen molar-refractivity contribution in [3.8, 4) is 0 Å². The summed E-state index contributed by atoms with van der Waals surface area (Å²) in [4.78, 5) is 11.4. The maximum Gasteiger partial charge on any atom is 0.250 e. The van der Waals surface area contributed by atoms with Crippen molar-refractivity contribution in [3.05, 3.63) is 34.7 Å². The summed E-state index contributed by atoms with van der Waals surface area (Å²) in [6, 6.07) is 5.46. The van der Waals surface area contributed by atoms with Crippen LogP contribution in [0.25, 0.3) is 0 Å². The van der Waals surface area contributed by atoms with E-state index in [9.17, 15) is 4.79 Å². The van der Waals surface area contributed by atoms with E-state index >= 15 is 0 Å². The normalized spacial score (nSPS) is 24.8. The molecule has 1 fully saturated rings. The van der Waals surface area contributed by atoms with Gasteiger partial charge in [-0.3, -0.25) is 4.79 Å². The number of pyridine rings is 1. The number of hydrogen-bond donors (Lipinski definition) is 1. The highest BCUT2D eigenvalue weighted by atomic mass is 16.5. The molecule has 1 saturated carbocycles. The second kappa shape index (κ2) is 5.98. The maximum atomic E-state index is 11.4. The van der Waals surface area contributed by atoms with E-state index in [2.05, 4.69) is 0 Å². The molecule has 0 aromatic carbocycles. The highest BCUT2D eigenvalue weighted by molar-refractivity contribution is 4.93. The van der Waals surface area contributed by atoms with Crippen LogP contribution in [0.5, 0.6) is 0 Å². The van der Waals surface area contributed by atoms with Gasteiger partial charge in [-0.2, -0.15) is 0 Å². The van der Waals surface area contributed by atoms with Crippen molar-refractivity contribution in [3.63, 3.8) is 0 Å². The zero-order chi connectivity index (χ0) is 12.1. The van der Waals surface area contributed by atoms with Gasteiger partial charge in [-0.05, 0) is 31.7 Å². The molecule has 4 nitrogen and oxygen atoms in total. The second-order valence-corrected chi connectivity index (χ2v) is 4.65. The fourth-order valence-electron chi connectivity index (χ4n) is 2.30. The minimum Gasteiger partial charge on any atom is -0.376 e. The molecule has 2 unspecified atom stereocenters. The van der Waals surface area contributed by atoms with Crippen molar-refractivity contribution in [2.75, 3.05) is 6.61 Å². The van der Waals surface area contributed by atoms with E-state index < -0.39 is 0 Å². The number of rotatable bonds is 4. The summed E-state index contributed by atoms with van der Waals surface area (Å²) < 4.78 is 7.44. The van der Waals surface area contributed by atoms with E-state index in [1.807, 2.05) is 6.07 Å². The average molecular weight is 236 g/mol. The van der Waals surface area contributed by atoms with E-state index in [0.29, 0.717) is 13.2 Å². The molecule has 1 heterocycles. The first-order valence-electron chi connectivity index (χ1n) is 6.28. The summed E-state index contributed by atoms with van der Waals surface area (Å²) in [5, 5.41) is 0. The van der Waals surface area contributed by atoms with Crippen LogP contribution >= 0.6 is 0 Å². The van der Waals surface area contributed by atoms with Gasteiger partial charge in [0.2, 0.25) is 0 Å². The highest BCUT2D eigenvalue weighted by Crippen LogP contribution is 2.19. The fraction of sp³-hybridized carbons (Fsp3) is 0.615. The lowest BCUT2D eigenvalue weighted by Gasteiger charge is -2.26. The Morgan fingerprint density at radius 1 is 1.41 bits per heavy atom. The van der Waals surface area contributed by atoms with Crippen molar-refractivity contribution >= 4 is 0 Å². The Hall–Kier alpha value is -1.13. The van der Waals surface area contributed by atoms with Gasteiger partial charge in [0.1, 0.15) is 0 Å². The average Bonchev–Trinajstić information content (AvgIpc) is 2.32. The Labute approximate surface area is 101 Å². The van der Waals surface area contributed by atoms with Crippen molar-refractivity contribution in [2.24, 2.45) is 5.73 Å². The number of hydrogen-bond acceptors (Lipinski definition) is 3. The smallest absolute Gasteiger partial charge is 0.250 e. The van der Waals surface area contributed by atoms with Gasteiger partial charge in [0.15, 0.2) is 0 Å². The Balaban J connectivity index is 1.76. The summed E-state index contributed by atoms with van der Waals surface area (Å²) in [6.07, 6.45) is 6.37.